The number of hydrogen-bond donors (Lipinski definition) is 2. The maximum absolute atomic E-state index is 13.9. The molecule has 1 saturated heterocycles. The maximum Gasteiger partial charge on any atom is 0.254 e. The molecule has 0 bridgehead atoms. The fraction of sp³-hybridized carbons (Fsp3) is 0.176. The summed E-state index contributed by atoms with van der Waals surface area (Å²) in [6.45, 7) is 0.331. The van der Waals surface area contributed by atoms with Gasteiger partial charge in [-0.3, -0.25) is 9.59 Å². The van der Waals surface area contributed by atoms with E-state index < -0.39 is 24.1 Å². The zero-order chi connectivity index (χ0) is 29.1. The summed E-state index contributed by atoms with van der Waals surface area (Å²) in [6.07, 6.45) is 2.45. The summed E-state index contributed by atoms with van der Waals surface area (Å²) in [6, 6.07) is 31.8. The molecule has 2 N–H and O–H groups in total. The van der Waals surface area contributed by atoms with Gasteiger partial charge in [-0.25, -0.2) is 9.91 Å². The number of nitrogens with one attached hydrogen (secondary N) is 1. The molecule has 0 radical (unpaired) electrons. The molecule has 2 aliphatic rings. The molecule has 1 fully saturated rings. The Morgan fingerprint density at radius 1 is 0.810 bits per heavy atom. The van der Waals surface area contributed by atoms with E-state index in [0.717, 1.165) is 11.3 Å². The van der Waals surface area contributed by atoms with Gasteiger partial charge in [0.1, 0.15) is 18.8 Å². The number of hydrogen-bond acceptors (Lipinski definition) is 7. The molecule has 212 valence electrons. The zero-order valence-electron chi connectivity index (χ0n) is 23.0. The van der Waals surface area contributed by atoms with Crippen molar-refractivity contribution in [1.82, 2.24) is 5.01 Å². The van der Waals surface area contributed by atoms with Gasteiger partial charge in [0.25, 0.3) is 5.91 Å². The van der Waals surface area contributed by atoms with E-state index in [4.69, 9.17) is 9.47 Å². The summed E-state index contributed by atoms with van der Waals surface area (Å²) in [5.41, 5.74) is 6.14. The van der Waals surface area contributed by atoms with Gasteiger partial charge in [0.15, 0.2) is 11.5 Å². The minimum atomic E-state index is -1.07. The highest BCUT2D eigenvalue weighted by Gasteiger charge is 2.54. The molecule has 4 aromatic rings. The number of benzene rings is 4. The topological polar surface area (TPSA) is 91.3 Å². The van der Waals surface area contributed by atoms with E-state index in [9.17, 15) is 14.7 Å². The third-order valence-corrected chi connectivity index (χ3v) is 7.59. The van der Waals surface area contributed by atoms with Gasteiger partial charge in [0.2, 0.25) is 5.91 Å². The van der Waals surface area contributed by atoms with E-state index in [0.29, 0.717) is 29.4 Å². The minimum absolute atomic E-state index is 0.304. The summed E-state index contributed by atoms with van der Waals surface area (Å²) in [7, 11) is 1.57. The zero-order valence-corrected chi connectivity index (χ0v) is 23.0. The molecule has 4 aromatic carbocycles. The van der Waals surface area contributed by atoms with E-state index >= 15 is 0 Å². The Bertz CT molecular complexity index is 1580. The Labute approximate surface area is 244 Å². The molecule has 0 saturated carbocycles. The first-order valence-corrected chi connectivity index (χ1v) is 13.8. The van der Waals surface area contributed by atoms with E-state index in [2.05, 4.69) is 5.43 Å². The van der Waals surface area contributed by atoms with Crippen molar-refractivity contribution in [3.63, 3.8) is 0 Å². The van der Waals surface area contributed by atoms with Crippen molar-refractivity contribution in [3.05, 3.63) is 132 Å². The first-order valence-electron chi connectivity index (χ1n) is 13.8. The number of ether oxygens (including phenoxy) is 2. The number of amides is 2. The average molecular weight is 562 g/mol. The van der Waals surface area contributed by atoms with Crippen LogP contribution in [0.15, 0.2) is 121 Å². The van der Waals surface area contributed by atoms with Crippen LogP contribution in [-0.4, -0.2) is 41.1 Å². The molecule has 2 amide bonds. The summed E-state index contributed by atoms with van der Waals surface area (Å²) < 4.78 is 11.6. The third-order valence-electron chi connectivity index (χ3n) is 7.59. The second-order valence-corrected chi connectivity index (χ2v) is 10.2. The smallest absolute Gasteiger partial charge is 0.254 e. The number of para-hydroxylation sites is 2. The van der Waals surface area contributed by atoms with Crippen LogP contribution in [0.1, 0.15) is 17.2 Å². The number of hydrazine groups is 1. The predicted molar refractivity (Wildman–Crippen MR) is 160 cm³/mol. The summed E-state index contributed by atoms with van der Waals surface area (Å²) in [5, 5.41) is 13.5. The molecule has 2 aliphatic heterocycles. The quantitative estimate of drug-likeness (QED) is 0.216. The molecule has 0 aliphatic carbocycles. The van der Waals surface area contributed by atoms with Crippen LogP contribution in [-0.2, 0) is 16.2 Å². The lowest BCUT2D eigenvalue weighted by atomic mass is 9.90. The standard InChI is InChI=1S/C34H31N3O5/c1-41-29-20-17-24(21-30(29)42-22-23-11-5-2-6-12-23)32(38)28-19-18-27-31(37(28)35-25-13-7-3-8-14-25)34(40)36(33(27)39)26-15-9-4-10-16-26/h2-21,27-28,31-32,35,38H,22H2,1H3. The summed E-state index contributed by atoms with van der Waals surface area (Å²) in [4.78, 5) is 28.6. The number of rotatable bonds is 9. The summed E-state index contributed by atoms with van der Waals surface area (Å²) >= 11 is 0. The lowest BCUT2D eigenvalue weighted by Gasteiger charge is -2.40. The highest BCUT2D eigenvalue weighted by molar-refractivity contribution is 6.24. The van der Waals surface area contributed by atoms with Crippen molar-refractivity contribution in [1.29, 1.82) is 0 Å². The van der Waals surface area contributed by atoms with Gasteiger partial charge in [-0.2, -0.15) is 0 Å². The predicted octanol–water partition coefficient (Wildman–Crippen LogP) is 5.13. The van der Waals surface area contributed by atoms with Crippen molar-refractivity contribution < 1.29 is 24.2 Å². The Morgan fingerprint density at radius 2 is 1.48 bits per heavy atom. The van der Waals surface area contributed by atoms with Gasteiger partial charge in [0, 0.05) is 5.69 Å². The molecule has 2 heterocycles. The fourth-order valence-electron chi connectivity index (χ4n) is 5.49. The van der Waals surface area contributed by atoms with Crippen molar-refractivity contribution in [3.8, 4) is 11.5 Å². The molecular formula is C34H31N3O5. The van der Waals surface area contributed by atoms with Crippen LogP contribution in [0, 0.1) is 5.92 Å². The van der Waals surface area contributed by atoms with Crippen LogP contribution in [0.4, 0.5) is 11.4 Å². The Morgan fingerprint density at radius 3 is 2.17 bits per heavy atom. The molecule has 8 heteroatoms. The van der Waals surface area contributed by atoms with E-state index in [-0.39, 0.29) is 11.8 Å². The number of aliphatic hydroxyl groups excluding tert-OH is 1. The largest absolute Gasteiger partial charge is 0.493 e. The van der Waals surface area contributed by atoms with Crippen LogP contribution < -0.4 is 19.8 Å². The number of fused-ring (bicyclic) bond motifs is 1. The van der Waals surface area contributed by atoms with Crippen molar-refractivity contribution in [2.24, 2.45) is 5.92 Å². The number of methoxy groups -OCH3 is 1. The van der Waals surface area contributed by atoms with Crippen LogP contribution in [0.3, 0.4) is 0 Å². The van der Waals surface area contributed by atoms with Crippen LogP contribution in [0.5, 0.6) is 11.5 Å². The van der Waals surface area contributed by atoms with Gasteiger partial charge >= 0.3 is 0 Å². The number of nitrogens with zero attached hydrogens (tertiary/aromatic N) is 2. The SMILES string of the molecule is COc1ccc(C(O)C2C=CC3C(=O)N(c4ccccc4)C(=O)C3N2Nc2ccccc2)cc1OCc1ccccc1. The first-order chi connectivity index (χ1) is 20.5. The number of aliphatic hydroxyl groups is 1. The summed E-state index contributed by atoms with van der Waals surface area (Å²) in [5.74, 6) is -0.349. The van der Waals surface area contributed by atoms with Gasteiger partial charge in [0.05, 0.1) is 24.8 Å². The fourth-order valence-corrected chi connectivity index (χ4v) is 5.49. The normalized spacial score (nSPS) is 20.7. The van der Waals surface area contributed by atoms with E-state index in [1.165, 1.54) is 4.90 Å². The Balaban J connectivity index is 1.33. The van der Waals surface area contributed by atoms with Gasteiger partial charge in [-0.15, -0.1) is 0 Å². The number of imide groups is 1. The van der Waals surface area contributed by atoms with Crippen LogP contribution in [0.25, 0.3) is 0 Å². The minimum Gasteiger partial charge on any atom is -0.493 e. The average Bonchev–Trinajstić information content (AvgIpc) is 3.30. The van der Waals surface area contributed by atoms with Crippen molar-refractivity contribution in [2.75, 3.05) is 17.4 Å². The van der Waals surface area contributed by atoms with Crippen LogP contribution >= 0.6 is 0 Å². The van der Waals surface area contributed by atoms with Crippen LogP contribution in [0.2, 0.25) is 0 Å². The third kappa shape index (κ3) is 5.25. The second-order valence-electron chi connectivity index (χ2n) is 10.2. The second kappa shape index (κ2) is 11.9. The van der Waals surface area contributed by atoms with Gasteiger partial charge in [-0.1, -0.05) is 84.9 Å². The first kappa shape index (κ1) is 27.3. The van der Waals surface area contributed by atoms with E-state index in [1.54, 1.807) is 66.7 Å². The molecule has 42 heavy (non-hydrogen) atoms. The monoisotopic (exact) mass is 561 g/mol. The number of anilines is 2. The maximum atomic E-state index is 13.9. The number of carbonyl (C=O) groups is 2. The van der Waals surface area contributed by atoms with Gasteiger partial charge < -0.3 is 20.0 Å². The molecule has 6 rings (SSSR count). The number of carbonyl (C=O) groups excluding carboxylic acids is 2. The lowest BCUT2D eigenvalue weighted by Crippen LogP contribution is -2.55. The highest BCUT2D eigenvalue weighted by Crippen LogP contribution is 2.39. The molecule has 0 aromatic heterocycles. The molecule has 0 spiro atoms. The Hall–Kier alpha value is -4.92. The Kier molecular flexibility index (Phi) is 7.72. The van der Waals surface area contributed by atoms with Crippen molar-refractivity contribution >= 4 is 23.2 Å². The molecule has 4 unspecified atom stereocenters. The van der Waals surface area contributed by atoms with Crippen molar-refractivity contribution in [2.45, 2.75) is 24.8 Å². The lowest BCUT2D eigenvalue weighted by molar-refractivity contribution is -0.123. The van der Waals surface area contributed by atoms with E-state index in [1.807, 2.05) is 66.7 Å². The van der Waals surface area contributed by atoms with Gasteiger partial charge in [-0.05, 0) is 47.5 Å². The molecule has 4 atom stereocenters. The molecular weight excluding hydrogens is 530 g/mol. The highest BCUT2D eigenvalue weighted by atomic mass is 16.5. The molecule has 8 nitrogen and oxygen atoms in total.